The first kappa shape index (κ1) is 24.4. The third kappa shape index (κ3) is 5.30. The largest absolute Gasteiger partial charge is 0.494 e. The van der Waals surface area contributed by atoms with Crippen LogP contribution in [0.25, 0.3) is 22.2 Å². The molecule has 0 atom stereocenters. The first-order valence-corrected chi connectivity index (χ1v) is 11.8. The Bertz CT molecular complexity index is 1490. The van der Waals surface area contributed by atoms with Crippen molar-refractivity contribution < 1.29 is 14.3 Å². The molecule has 1 aliphatic heterocycles. The van der Waals surface area contributed by atoms with E-state index in [0.717, 1.165) is 24.2 Å². The molecular weight excluding hydrogens is 494 g/mol. The predicted octanol–water partition coefficient (Wildman–Crippen LogP) is 4.31. The minimum Gasteiger partial charge on any atom is -0.494 e. The van der Waals surface area contributed by atoms with Crippen molar-refractivity contribution in [1.82, 2.24) is 24.8 Å². The van der Waals surface area contributed by atoms with E-state index in [9.17, 15) is 4.79 Å². The summed E-state index contributed by atoms with van der Waals surface area (Å²) in [6.45, 7) is 5.12. The number of benzene rings is 1. The quantitative estimate of drug-likeness (QED) is 0.330. The molecule has 1 aliphatic rings. The van der Waals surface area contributed by atoms with E-state index < -0.39 is 0 Å². The SMILES string of the molecule is C=CC(=O)Nc1cc(Nc2ncc3nccc(-c4cncc(Cl)c4)c3n2)c(OC)cc1OC1CN(C)C1. The Morgan fingerprint density at radius 3 is 2.73 bits per heavy atom. The lowest BCUT2D eigenvalue weighted by atomic mass is 10.1. The molecule has 0 bridgehead atoms. The number of likely N-dealkylation sites (N-methyl/N-ethyl adjacent to an activating group) is 1. The fourth-order valence-electron chi connectivity index (χ4n) is 4.01. The molecule has 1 amide bonds. The molecule has 2 N–H and O–H groups in total. The molecule has 0 aliphatic carbocycles. The Kier molecular flexibility index (Phi) is 6.85. The van der Waals surface area contributed by atoms with Gasteiger partial charge in [-0.05, 0) is 31.3 Å². The highest BCUT2D eigenvalue weighted by Crippen LogP contribution is 2.39. The number of aromatic nitrogens is 4. The van der Waals surface area contributed by atoms with Gasteiger partial charge < -0.3 is 20.1 Å². The van der Waals surface area contributed by atoms with Crippen molar-refractivity contribution in [3.8, 4) is 22.6 Å². The minimum absolute atomic E-state index is 0.0172. The van der Waals surface area contributed by atoms with Crippen LogP contribution in [0.5, 0.6) is 11.5 Å². The van der Waals surface area contributed by atoms with E-state index >= 15 is 0 Å². The maximum absolute atomic E-state index is 12.1. The van der Waals surface area contributed by atoms with E-state index in [1.54, 1.807) is 44.0 Å². The van der Waals surface area contributed by atoms with E-state index in [2.05, 4.69) is 37.1 Å². The molecular formula is C26H24ClN7O3. The van der Waals surface area contributed by atoms with Crippen molar-refractivity contribution >= 4 is 45.9 Å². The van der Waals surface area contributed by atoms with Gasteiger partial charge in [0.15, 0.2) is 0 Å². The summed E-state index contributed by atoms with van der Waals surface area (Å²) in [5, 5.41) is 6.52. The number of hydrogen-bond donors (Lipinski definition) is 2. The van der Waals surface area contributed by atoms with Crippen molar-refractivity contribution in [2.24, 2.45) is 0 Å². The first-order valence-electron chi connectivity index (χ1n) is 11.4. The molecule has 3 aromatic heterocycles. The summed E-state index contributed by atoms with van der Waals surface area (Å²) in [5.74, 6) is 0.938. The molecule has 0 unspecified atom stereocenters. The predicted molar refractivity (Wildman–Crippen MR) is 143 cm³/mol. The monoisotopic (exact) mass is 517 g/mol. The summed E-state index contributed by atoms with van der Waals surface area (Å²) in [4.78, 5) is 32.0. The van der Waals surface area contributed by atoms with Gasteiger partial charge in [0.25, 0.3) is 0 Å². The number of amides is 1. The first-order chi connectivity index (χ1) is 17.9. The van der Waals surface area contributed by atoms with Gasteiger partial charge in [-0.25, -0.2) is 9.97 Å². The molecule has 188 valence electrons. The molecule has 1 saturated heterocycles. The zero-order valence-electron chi connectivity index (χ0n) is 20.2. The van der Waals surface area contributed by atoms with E-state index in [1.807, 2.05) is 19.2 Å². The van der Waals surface area contributed by atoms with Crippen molar-refractivity contribution in [1.29, 1.82) is 0 Å². The zero-order chi connectivity index (χ0) is 25.9. The number of carbonyl (C=O) groups excluding carboxylic acids is 1. The normalized spacial score (nSPS) is 13.6. The zero-order valence-corrected chi connectivity index (χ0v) is 21.0. The molecule has 4 aromatic rings. The molecule has 37 heavy (non-hydrogen) atoms. The number of anilines is 3. The fourth-order valence-corrected chi connectivity index (χ4v) is 4.19. The number of nitrogens with one attached hydrogen (secondary N) is 2. The van der Waals surface area contributed by atoms with E-state index in [4.69, 9.17) is 26.1 Å². The van der Waals surface area contributed by atoms with Gasteiger partial charge in [0.1, 0.15) is 28.6 Å². The maximum atomic E-state index is 12.1. The summed E-state index contributed by atoms with van der Waals surface area (Å²) < 4.78 is 11.7. The van der Waals surface area contributed by atoms with Gasteiger partial charge in [-0.3, -0.25) is 19.7 Å². The fraction of sp³-hybridized carbons (Fsp3) is 0.192. The van der Waals surface area contributed by atoms with Crippen molar-refractivity contribution in [3.63, 3.8) is 0 Å². The van der Waals surface area contributed by atoms with Crippen LogP contribution in [-0.4, -0.2) is 64.1 Å². The highest BCUT2D eigenvalue weighted by Gasteiger charge is 2.27. The molecule has 0 spiro atoms. The molecule has 10 nitrogen and oxygen atoms in total. The number of fused-ring (bicyclic) bond motifs is 1. The number of hydrogen-bond acceptors (Lipinski definition) is 9. The third-order valence-corrected chi connectivity index (χ3v) is 6.02. The Morgan fingerprint density at radius 1 is 1.16 bits per heavy atom. The minimum atomic E-state index is -0.362. The van der Waals surface area contributed by atoms with Crippen LogP contribution in [0.3, 0.4) is 0 Å². The standard InChI is InChI=1S/C26H24ClN7O3/c1-4-24(35)31-20-8-19(22(36-3)9-23(20)37-17-13-34(2)14-17)32-26-30-12-21-25(33-26)18(5-6-29-21)15-7-16(27)11-28-10-15/h4-12,17H,1,13-14H2,2-3H3,(H,31,35)(H,30,32,33). The summed E-state index contributed by atoms with van der Waals surface area (Å²) in [6.07, 6.45) is 7.82. The smallest absolute Gasteiger partial charge is 0.247 e. The van der Waals surface area contributed by atoms with E-state index in [1.165, 1.54) is 6.08 Å². The molecule has 4 heterocycles. The topological polar surface area (TPSA) is 114 Å². The Labute approximate surface area is 218 Å². The lowest BCUT2D eigenvalue weighted by Crippen LogP contribution is -2.51. The molecule has 0 radical (unpaired) electrons. The summed E-state index contributed by atoms with van der Waals surface area (Å²) >= 11 is 6.16. The third-order valence-electron chi connectivity index (χ3n) is 5.81. The molecule has 1 aromatic carbocycles. The molecule has 5 rings (SSSR count). The maximum Gasteiger partial charge on any atom is 0.247 e. The van der Waals surface area contributed by atoms with Crippen LogP contribution in [0, 0.1) is 0 Å². The van der Waals surface area contributed by atoms with Crippen LogP contribution in [0.4, 0.5) is 17.3 Å². The van der Waals surface area contributed by atoms with Crippen LogP contribution in [0.1, 0.15) is 0 Å². The number of halogens is 1. The second-order valence-corrected chi connectivity index (χ2v) is 8.94. The number of methoxy groups -OCH3 is 1. The average molecular weight is 518 g/mol. The van der Waals surface area contributed by atoms with Gasteiger partial charge in [-0.1, -0.05) is 18.2 Å². The highest BCUT2D eigenvalue weighted by molar-refractivity contribution is 6.30. The van der Waals surface area contributed by atoms with Gasteiger partial charge >= 0.3 is 0 Å². The second-order valence-electron chi connectivity index (χ2n) is 8.51. The number of carbonyl (C=O) groups is 1. The summed E-state index contributed by atoms with van der Waals surface area (Å²) in [7, 11) is 3.57. The number of likely N-dealkylation sites (tertiary alicyclic amines) is 1. The lowest BCUT2D eigenvalue weighted by molar-refractivity contribution is -0.111. The number of pyridine rings is 2. The van der Waals surface area contributed by atoms with Gasteiger partial charge in [-0.2, -0.15) is 0 Å². The number of nitrogens with zero attached hydrogens (tertiary/aromatic N) is 5. The van der Waals surface area contributed by atoms with Gasteiger partial charge in [0.2, 0.25) is 11.9 Å². The number of rotatable bonds is 8. The molecule has 11 heteroatoms. The second kappa shape index (κ2) is 10.4. The van der Waals surface area contributed by atoms with Gasteiger partial charge in [0, 0.05) is 48.9 Å². The van der Waals surface area contributed by atoms with Crippen molar-refractivity contribution in [3.05, 3.63) is 66.7 Å². The Hall–Kier alpha value is -4.28. The summed E-state index contributed by atoms with van der Waals surface area (Å²) in [5.41, 5.74) is 3.86. The summed E-state index contributed by atoms with van der Waals surface area (Å²) in [6, 6.07) is 7.11. The van der Waals surface area contributed by atoms with Gasteiger partial charge in [0.05, 0.1) is 29.7 Å². The Morgan fingerprint density at radius 2 is 2.00 bits per heavy atom. The van der Waals surface area contributed by atoms with E-state index in [0.29, 0.717) is 44.9 Å². The lowest BCUT2D eigenvalue weighted by Gasteiger charge is -2.36. The van der Waals surface area contributed by atoms with Crippen LogP contribution in [0.15, 0.2) is 61.7 Å². The Balaban J connectivity index is 1.52. The highest BCUT2D eigenvalue weighted by atomic mass is 35.5. The van der Waals surface area contributed by atoms with Crippen LogP contribution >= 0.6 is 11.6 Å². The van der Waals surface area contributed by atoms with E-state index in [-0.39, 0.29) is 12.0 Å². The number of ether oxygens (including phenoxy) is 2. The van der Waals surface area contributed by atoms with Crippen LogP contribution < -0.4 is 20.1 Å². The molecule has 0 saturated carbocycles. The average Bonchev–Trinajstić information content (AvgIpc) is 2.88. The van der Waals surface area contributed by atoms with Crippen LogP contribution in [-0.2, 0) is 4.79 Å². The van der Waals surface area contributed by atoms with Crippen LogP contribution in [0.2, 0.25) is 5.02 Å². The molecule has 1 fully saturated rings. The van der Waals surface area contributed by atoms with Crippen molar-refractivity contribution in [2.75, 3.05) is 37.9 Å². The van der Waals surface area contributed by atoms with Gasteiger partial charge in [-0.15, -0.1) is 0 Å². The van der Waals surface area contributed by atoms with Crippen molar-refractivity contribution in [2.45, 2.75) is 6.10 Å².